The SMILES string of the molecule is Cc1ccccc1C1CCCN1C(=O)[C@@H]1C[C@@H]1C(=O)O. The molecule has 1 aliphatic heterocycles. The number of hydrogen-bond acceptors (Lipinski definition) is 2. The van der Waals surface area contributed by atoms with Gasteiger partial charge in [-0.3, -0.25) is 9.59 Å². The number of carbonyl (C=O) groups excluding carboxylic acids is 1. The minimum atomic E-state index is -0.838. The number of aryl methyl sites for hydroxylation is 1. The van der Waals surface area contributed by atoms with Gasteiger partial charge in [-0.05, 0) is 37.3 Å². The summed E-state index contributed by atoms with van der Waals surface area (Å²) in [6.45, 7) is 2.81. The fourth-order valence-electron chi connectivity index (χ4n) is 3.27. The Morgan fingerprint density at radius 3 is 2.65 bits per heavy atom. The van der Waals surface area contributed by atoms with Gasteiger partial charge in [0.05, 0.1) is 17.9 Å². The van der Waals surface area contributed by atoms with Crippen LogP contribution in [0.1, 0.15) is 36.4 Å². The molecule has 1 unspecified atom stereocenters. The van der Waals surface area contributed by atoms with E-state index in [9.17, 15) is 9.59 Å². The Bertz CT molecular complexity index is 554. The molecule has 0 radical (unpaired) electrons. The summed E-state index contributed by atoms with van der Waals surface area (Å²) in [7, 11) is 0. The second-order valence-electron chi connectivity index (χ2n) is 5.83. The maximum absolute atomic E-state index is 12.5. The summed E-state index contributed by atoms with van der Waals surface area (Å²) in [5.41, 5.74) is 2.40. The highest BCUT2D eigenvalue weighted by atomic mass is 16.4. The van der Waals surface area contributed by atoms with Crippen LogP contribution in [0.15, 0.2) is 24.3 Å². The summed E-state index contributed by atoms with van der Waals surface area (Å²) in [4.78, 5) is 25.3. The summed E-state index contributed by atoms with van der Waals surface area (Å²) < 4.78 is 0. The molecule has 3 atom stereocenters. The van der Waals surface area contributed by atoms with Crippen molar-refractivity contribution in [3.8, 4) is 0 Å². The van der Waals surface area contributed by atoms with E-state index in [0.717, 1.165) is 19.4 Å². The lowest BCUT2D eigenvalue weighted by atomic mass is 9.99. The van der Waals surface area contributed by atoms with Gasteiger partial charge in [-0.2, -0.15) is 0 Å². The molecule has 1 aromatic carbocycles. The van der Waals surface area contributed by atoms with Crippen LogP contribution in [-0.4, -0.2) is 28.4 Å². The molecule has 1 aliphatic carbocycles. The van der Waals surface area contributed by atoms with Gasteiger partial charge in [0, 0.05) is 6.54 Å². The van der Waals surface area contributed by atoms with E-state index in [4.69, 9.17) is 5.11 Å². The zero-order chi connectivity index (χ0) is 14.3. The molecule has 4 nitrogen and oxygen atoms in total. The average Bonchev–Trinajstić information content (AvgIpc) is 3.09. The minimum Gasteiger partial charge on any atom is -0.481 e. The number of carbonyl (C=O) groups is 2. The normalized spacial score (nSPS) is 28.4. The highest BCUT2D eigenvalue weighted by Gasteiger charge is 2.51. The van der Waals surface area contributed by atoms with Crippen molar-refractivity contribution in [2.75, 3.05) is 6.54 Å². The van der Waals surface area contributed by atoms with Crippen LogP contribution in [-0.2, 0) is 9.59 Å². The predicted molar refractivity (Wildman–Crippen MR) is 74.1 cm³/mol. The summed E-state index contributed by atoms with van der Waals surface area (Å²) in [5, 5.41) is 8.97. The van der Waals surface area contributed by atoms with Gasteiger partial charge in [0.25, 0.3) is 0 Å². The smallest absolute Gasteiger partial charge is 0.307 e. The van der Waals surface area contributed by atoms with E-state index in [2.05, 4.69) is 19.1 Å². The number of amides is 1. The first kappa shape index (κ1) is 13.2. The van der Waals surface area contributed by atoms with Crippen molar-refractivity contribution in [2.45, 2.75) is 32.2 Å². The maximum Gasteiger partial charge on any atom is 0.307 e. The molecule has 1 N–H and O–H groups in total. The number of carboxylic acids is 1. The van der Waals surface area contributed by atoms with Gasteiger partial charge in [-0.15, -0.1) is 0 Å². The summed E-state index contributed by atoms with van der Waals surface area (Å²) in [6.07, 6.45) is 2.47. The van der Waals surface area contributed by atoms with Gasteiger partial charge < -0.3 is 10.0 Å². The highest BCUT2D eigenvalue weighted by Crippen LogP contribution is 2.44. The van der Waals surface area contributed by atoms with E-state index in [0.29, 0.717) is 6.42 Å². The fraction of sp³-hybridized carbons (Fsp3) is 0.500. The highest BCUT2D eigenvalue weighted by molar-refractivity contribution is 5.89. The molecule has 20 heavy (non-hydrogen) atoms. The molecule has 1 saturated heterocycles. The molecule has 3 rings (SSSR count). The number of likely N-dealkylation sites (tertiary alicyclic amines) is 1. The van der Waals surface area contributed by atoms with Crippen LogP contribution in [0.4, 0.5) is 0 Å². The minimum absolute atomic E-state index is 0.0307. The van der Waals surface area contributed by atoms with E-state index >= 15 is 0 Å². The van der Waals surface area contributed by atoms with Crippen molar-refractivity contribution in [3.05, 3.63) is 35.4 Å². The number of hydrogen-bond donors (Lipinski definition) is 1. The van der Waals surface area contributed by atoms with Crippen LogP contribution in [0.5, 0.6) is 0 Å². The van der Waals surface area contributed by atoms with Crippen molar-refractivity contribution in [1.82, 2.24) is 4.90 Å². The second-order valence-corrected chi connectivity index (χ2v) is 5.83. The Kier molecular flexibility index (Phi) is 3.24. The first-order valence-electron chi connectivity index (χ1n) is 7.18. The van der Waals surface area contributed by atoms with Gasteiger partial charge in [-0.25, -0.2) is 0 Å². The molecule has 0 spiro atoms. The van der Waals surface area contributed by atoms with Crippen molar-refractivity contribution in [3.63, 3.8) is 0 Å². The molecule has 2 fully saturated rings. The lowest BCUT2D eigenvalue weighted by molar-refractivity contribution is -0.142. The predicted octanol–water partition coefficient (Wildman–Crippen LogP) is 2.38. The number of aliphatic carboxylic acids is 1. The second kappa shape index (κ2) is 4.93. The molecule has 106 valence electrons. The Balaban J connectivity index is 1.78. The van der Waals surface area contributed by atoms with E-state index in [-0.39, 0.29) is 17.9 Å². The van der Waals surface area contributed by atoms with Crippen molar-refractivity contribution >= 4 is 11.9 Å². The van der Waals surface area contributed by atoms with Crippen molar-refractivity contribution in [1.29, 1.82) is 0 Å². The Morgan fingerprint density at radius 1 is 1.25 bits per heavy atom. The van der Waals surface area contributed by atoms with Gasteiger partial charge in [0.1, 0.15) is 0 Å². The first-order valence-corrected chi connectivity index (χ1v) is 7.18. The molecule has 1 saturated carbocycles. The Labute approximate surface area is 118 Å². The summed E-state index contributed by atoms with van der Waals surface area (Å²) in [5.74, 6) is -1.56. The van der Waals surface area contributed by atoms with Gasteiger partial charge in [0.15, 0.2) is 0 Å². The van der Waals surface area contributed by atoms with Crippen molar-refractivity contribution < 1.29 is 14.7 Å². The molecule has 0 bridgehead atoms. The van der Waals surface area contributed by atoms with Crippen LogP contribution in [0.2, 0.25) is 0 Å². The molecule has 0 aromatic heterocycles. The Morgan fingerprint density at radius 2 is 2.00 bits per heavy atom. The maximum atomic E-state index is 12.5. The summed E-state index contributed by atoms with van der Waals surface area (Å²) >= 11 is 0. The molecule has 2 aliphatic rings. The topological polar surface area (TPSA) is 57.6 Å². The molecular formula is C16H19NO3. The fourth-order valence-corrected chi connectivity index (χ4v) is 3.27. The molecule has 4 heteroatoms. The van der Waals surface area contributed by atoms with E-state index < -0.39 is 11.9 Å². The third-order valence-corrected chi connectivity index (χ3v) is 4.51. The van der Waals surface area contributed by atoms with Crippen molar-refractivity contribution in [2.24, 2.45) is 11.8 Å². The van der Waals surface area contributed by atoms with E-state index in [1.807, 2.05) is 17.0 Å². The van der Waals surface area contributed by atoms with E-state index in [1.165, 1.54) is 11.1 Å². The first-order chi connectivity index (χ1) is 9.59. The number of carboxylic acid groups (broad SMARTS) is 1. The number of nitrogens with zero attached hydrogens (tertiary/aromatic N) is 1. The molecular weight excluding hydrogens is 254 g/mol. The lowest BCUT2D eigenvalue weighted by Crippen LogP contribution is -2.33. The quantitative estimate of drug-likeness (QED) is 0.920. The number of benzene rings is 1. The zero-order valence-electron chi connectivity index (χ0n) is 11.6. The largest absolute Gasteiger partial charge is 0.481 e. The molecule has 1 heterocycles. The van der Waals surface area contributed by atoms with Gasteiger partial charge >= 0.3 is 5.97 Å². The zero-order valence-corrected chi connectivity index (χ0v) is 11.6. The molecule has 1 aromatic rings. The van der Waals surface area contributed by atoms with Crippen LogP contribution in [0, 0.1) is 18.8 Å². The molecule has 1 amide bonds. The lowest BCUT2D eigenvalue weighted by Gasteiger charge is -2.26. The van der Waals surface area contributed by atoms with Crippen LogP contribution >= 0.6 is 0 Å². The van der Waals surface area contributed by atoms with Crippen LogP contribution in [0.3, 0.4) is 0 Å². The standard InChI is InChI=1S/C16H19NO3/c1-10-5-2-3-6-11(10)14-7-4-8-17(14)15(18)12-9-13(12)16(19)20/h2-3,5-6,12-14H,4,7-9H2,1H3,(H,19,20)/t12-,13+,14?/m1/s1. The summed E-state index contributed by atoms with van der Waals surface area (Å²) in [6, 6.07) is 8.27. The van der Waals surface area contributed by atoms with E-state index in [1.54, 1.807) is 0 Å². The van der Waals surface area contributed by atoms with Gasteiger partial charge in [0.2, 0.25) is 5.91 Å². The average molecular weight is 273 g/mol. The monoisotopic (exact) mass is 273 g/mol. The van der Waals surface area contributed by atoms with Crippen LogP contribution < -0.4 is 0 Å². The Hall–Kier alpha value is -1.84. The third-order valence-electron chi connectivity index (χ3n) is 4.51. The third kappa shape index (κ3) is 2.19. The van der Waals surface area contributed by atoms with Crippen LogP contribution in [0.25, 0.3) is 0 Å². The number of rotatable bonds is 3. The van der Waals surface area contributed by atoms with Gasteiger partial charge in [-0.1, -0.05) is 24.3 Å².